The predicted octanol–water partition coefficient (Wildman–Crippen LogP) is 3.89. The van der Waals surface area contributed by atoms with E-state index in [1.165, 1.54) is 28.6 Å². The van der Waals surface area contributed by atoms with E-state index in [4.69, 9.17) is 4.52 Å². The maximum absolute atomic E-state index is 13.6. The van der Waals surface area contributed by atoms with Crippen LogP contribution in [0.2, 0.25) is 0 Å². The molecule has 9 heteroatoms. The highest BCUT2D eigenvalue weighted by atomic mass is 32.2. The standard InChI is InChI=1S/C20H19F2N3O3S/c1-13-4-7-17(22)11-18(13)29(26,27)25-10-2-3-15(12-25)20-23-19(24-28-20)14-5-8-16(21)9-6-14/h4-9,11,15H,2-3,10,12H2,1H3. The van der Waals surface area contributed by atoms with Crippen LogP contribution in [0.4, 0.5) is 8.78 Å². The zero-order valence-electron chi connectivity index (χ0n) is 15.7. The van der Waals surface area contributed by atoms with Gasteiger partial charge in [-0.1, -0.05) is 11.2 Å². The third kappa shape index (κ3) is 3.92. The van der Waals surface area contributed by atoms with Gasteiger partial charge in [0, 0.05) is 18.7 Å². The highest BCUT2D eigenvalue weighted by molar-refractivity contribution is 7.89. The van der Waals surface area contributed by atoms with Gasteiger partial charge in [0.05, 0.1) is 10.8 Å². The summed E-state index contributed by atoms with van der Waals surface area (Å²) in [6.45, 7) is 2.15. The van der Waals surface area contributed by atoms with Gasteiger partial charge in [0.2, 0.25) is 21.7 Å². The Kier molecular flexibility index (Phi) is 5.18. The number of aromatic nitrogens is 2. The fraction of sp³-hybridized carbons (Fsp3) is 0.300. The number of rotatable bonds is 4. The van der Waals surface area contributed by atoms with E-state index in [2.05, 4.69) is 10.1 Å². The highest BCUT2D eigenvalue weighted by Crippen LogP contribution is 2.31. The molecule has 3 aromatic rings. The Bertz CT molecular complexity index is 1130. The van der Waals surface area contributed by atoms with E-state index in [0.29, 0.717) is 42.2 Å². The van der Waals surface area contributed by atoms with Crippen LogP contribution in [0.3, 0.4) is 0 Å². The van der Waals surface area contributed by atoms with Crippen molar-refractivity contribution in [2.24, 2.45) is 0 Å². The fourth-order valence-electron chi connectivity index (χ4n) is 3.47. The minimum atomic E-state index is -3.84. The molecule has 0 spiro atoms. The number of benzene rings is 2. The van der Waals surface area contributed by atoms with Gasteiger partial charge in [-0.3, -0.25) is 0 Å². The van der Waals surface area contributed by atoms with Gasteiger partial charge in [-0.05, 0) is 61.7 Å². The molecule has 2 aromatic carbocycles. The molecule has 4 rings (SSSR count). The molecule has 6 nitrogen and oxygen atoms in total. The Labute approximate surface area is 167 Å². The Balaban J connectivity index is 1.57. The van der Waals surface area contributed by atoms with Gasteiger partial charge >= 0.3 is 0 Å². The van der Waals surface area contributed by atoms with Crippen LogP contribution in [-0.2, 0) is 10.0 Å². The number of hydrogen-bond acceptors (Lipinski definition) is 5. The lowest BCUT2D eigenvalue weighted by Crippen LogP contribution is -2.39. The topological polar surface area (TPSA) is 76.3 Å². The van der Waals surface area contributed by atoms with E-state index in [1.54, 1.807) is 19.1 Å². The minimum Gasteiger partial charge on any atom is -0.339 e. The molecular formula is C20H19F2N3O3S. The molecule has 29 heavy (non-hydrogen) atoms. The van der Waals surface area contributed by atoms with Crippen molar-refractivity contribution < 1.29 is 21.7 Å². The first-order chi connectivity index (χ1) is 13.8. The molecule has 1 aromatic heterocycles. The summed E-state index contributed by atoms with van der Waals surface area (Å²) in [5.74, 6) is -0.572. The summed E-state index contributed by atoms with van der Waals surface area (Å²) in [6, 6.07) is 9.46. The molecule has 0 aliphatic carbocycles. The first kappa shape index (κ1) is 19.7. The van der Waals surface area contributed by atoms with Gasteiger partial charge in [-0.25, -0.2) is 17.2 Å². The smallest absolute Gasteiger partial charge is 0.243 e. The molecule has 1 aliphatic rings. The molecule has 2 heterocycles. The largest absolute Gasteiger partial charge is 0.339 e. The molecule has 1 aliphatic heterocycles. The van der Waals surface area contributed by atoms with E-state index >= 15 is 0 Å². The first-order valence-electron chi connectivity index (χ1n) is 9.20. The van der Waals surface area contributed by atoms with Crippen LogP contribution < -0.4 is 0 Å². The highest BCUT2D eigenvalue weighted by Gasteiger charge is 2.34. The Morgan fingerprint density at radius 2 is 1.83 bits per heavy atom. The molecule has 1 unspecified atom stereocenters. The van der Waals surface area contributed by atoms with Crippen molar-refractivity contribution in [2.45, 2.75) is 30.6 Å². The third-order valence-corrected chi connectivity index (χ3v) is 7.05. The second kappa shape index (κ2) is 7.64. The van der Waals surface area contributed by atoms with Crippen LogP contribution in [0.1, 0.15) is 30.2 Å². The normalized spacial score (nSPS) is 18.1. The average molecular weight is 419 g/mol. The molecule has 1 saturated heterocycles. The van der Waals surface area contributed by atoms with Gasteiger partial charge in [0.25, 0.3) is 0 Å². The molecule has 0 bridgehead atoms. The maximum Gasteiger partial charge on any atom is 0.243 e. The van der Waals surface area contributed by atoms with Gasteiger partial charge < -0.3 is 4.52 Å². The van der Waals surface area contributed by atoms with Crippen molar-refractivity contribution in [1.29, 1.82) is 0 Å². The molecule has 0 amide bonds. The van der Waals surface area contributed by atoms with Gasteiger partial charge in [-0.2, -0.15) is 9.29 Å². The zero-order chi connectivity index (χ0) is 20.6. The van der Waals surface area contributed by atoms with Gasteiger partial charge in [0.15, 0.2) is 0 Å². The molecular weight excluding hydrogens is 400 g/mol. The predicted molar refractivity (Wildman–Crippen MR) is 102 cm³/mol. The fourth-order valence-corrected chi connectivity index (χ4v) is 5.23. The van der Waals surface area contributed by atoms with Crippen LogP contribution in [0, 0.1) is 18.6 Å². The summed E-state index contributed by atoms with van der Waals surface area (Å²) in [5.41, 5.74) is 1.10. The van der Waals surface area contributed by atoms with Gasteiger partial charge in [-0.15, -0.1) is 0 Å². The Morgan fingerprint density at radius 1 is 1.10 bits per heavy atom. The lowest BCUT2D eigenvalue weighted by atomic mass is 10.00. The van der Waals surface area contributed by atoms with Crippen molar-refractivity contribution in [2.75, 3.05) is 13.1 Å². The summed E-state index contributed by atoms with van der Waals surface area (Å²) in [7, 11) is -3.84. The summed E-state index contributed by atoms with van der Waals surface area (Å²) in [6.07, 6.45) is 1.31. The number of nitrogens with zero attached hydrogens (tertiary/aromatic N) is 3. The number of piperidine rings is 1. The van der Waals surface area contributed by atoms with Gasteiger partial charge in [0.1, 0.15) is 11.6 Å². The van der Waals surface area contributed by atoms with Crippen LogP contribution in [-0.4, -0.2) is 36.0 Å². The lowest BCUT2D eigenvalue weighted by Gasteiger charge is -2.30. The number of halogens is 2. The second-order valence-electron chi connectivity index (χ2n) is 7.08. The summed E-state index contributed by atoms with van der Waals surface area (Å²) in [5, 5.41) is 3.94. The zero-order valence-corrected chi connectivity index (χ0v) is 16.5. The minimum absolute atomic E-state index is 0.0318. The van der Waals surface area contributed by atoms with Crippen molar-refractivity contribution >= 4 is 10.0 Å². The van der Waals surface area contributed by atoms with Crippen LogP contribution in [0.5, 0.6) is 0 Å². The summed E-state index contributed by atoms with van der Waals surface area (Å²) >= 11 is 0. The monoisotopic (exact) mass is 419 g/mol. The van der Waals surface area contributed by atoms with E-state index < -0.39 is 15.8 Å². The summed E-state index contributed by atoms with van der Waals surface area (Å²) < 4.78 is 59.5. The van der Waals surface area contributed by atoms with E-state index in [0.717, 1.165) is 6.07 Å². The SMILES string of the molecule is Cc1ccc(F)cc1S(=O)(=O)N1CCCC(c2nc(-c3ccc(F)cc3)no2)C1. The van der Waals surface area contributed by atoms with Crippen molar-refractivity contribution in [3.05, 3.63) is 65.6 Å². The van der Waals surface area contributed by atoms with Crippen molar-refractivity contribution in [3.63, 3.8) is 0 Å². The van der Waals surface area contributed by atoms with E-state index in [-0.39, 0.29) is 23.2 Å². The number of aryl methyl sites for hydroxylation is 1. The van der Waals surface area contributed by atoms with Crippen LogP contribution in [0.15, 0.2) is 51.9 Å². The second-order valence-corrected chi connectivity index (χ2v) is 8.98. The lowest BCUT2D eigenvalue weighted by molar-refractivity contribution is 0.265. The molecule has 1 atom stereocenters. The summed E-state index contributed by atoms with van der Waals surface area (Å²) in [4.78, 5) is 4.34. The number of hydrogen-bond donors (Lipinski definition) is 0. The number of sulfonamides is 1. The molecule has 0 N–H and O–H groups in total. The van der Waals surface area contributed by atoms with E-state index in [1.807, 2.05) is 0 Å². The molecule has 152 valence electrons. The Morgan fingerprint density at radius 3 is 2.59 bits per heavy atom. The quantitative estimate of drug-likeness (QED) is 0.641. The van der Waals surface area contributed by atoms with Crippen LogP contribution >= 0.6 is 0 Å². The molecule has 0 radical (unpaired) electrons. The third-order valence-electron chi connectivity index (χ3n) is 5.05. The van der Waals surface area contributed by atoms with Crippen molar-refractivity contribution in [1.82, 2.24) is 14.4 Å². The maximum atomic E-state index is 13.6. The Hall–Kier alpha value is -2.65. The van der Waals surface area contributed by atoms with E-state index in [9.17, 15) is 17.2 Å². The van der Waals surface area contributed by atoms with Crippen LogP contribution in [0.25, 0.3) is 11.4 Å². The molecule has 1 fully saturated rings. The average Bonchev–Trinajstić information content (AvgIpc) is 3.20. The first-order valence-corrected chi connectivity index (χ1v) is 10.6. The van der Waals surface area contributed by atoms with Crippen molar-refractivity contribution in [3.8, 4) is 11.4 Å². The molecule has 0 saturated carbocycles.